The Morgan fingerprint density at radius 1 is 1.27 bits per heavy atom. The molecule has 1 heterocycles. The molecule has 0 atom stereocenters. The van der Waals surface area contributed by atoms with E-state index < -0.39 is 0 Å². The highest BCUT2D eigenvalue weighted by molar-refractivity contribution is 5.41. The van der Waals surface area contributed by atoms with Gasteiger partial charge < -0.3 is 5.73 Å². The molecular weight excluding hydrogens is 186 g/mol. The van der Waals surface area contributed by atoms with Crippen LogP contribution in [-0.2, 0) is 12.8 Å². The van der Waals surface area contributed by atoms with Crippen LogP contribution in [0.3, 0.4) is 0 Å². The summed E-state index contributed by atoms with van der Waals surface area (Å²) in [7, 11) is 0. The molecule has 1 aromatic heterocycles. The number of nitrogen functional groups attached to an aromatic ring is 1. The van der Waals surface area contributed by atoms with Crippen LogP contribution in [0.25, 0.3) is 0 Å². The summed E-state index contributed by atoms with van der Waals surface area (Å²) < 4.78 is 0. The molecule has 0 aromatic carbocycles. The van der Waals surface area contributed by atoms with Crippen LogP contribution in [0.2, 0.25) is 0 Å². The average Bonchev–Trinajstić information content (AvgIpc) is 2.19. The Bertz CT molecular complexity index is 332. The number of nitrogens with two attached hydrogens (primary N) is 1. The van der Waals surface area contributed by atoms with Crippen molar-refractivity contribution in [3.63, 3.8) is 0 Å². The fourth-order valence-corrected chi connectivity index (χ4v) is 1.51. The molecule has 1 aromatic rings. The van der Waals surface area contributed by atoms with Gasteiger partial charge in [-0.15, -0.1) is 0 Å². The number of aromatic nitrogens is 2. The standard InChI is InChI=1S/C12H21N3/c1-5-10-9(4)12(13)15-11(14-10)7-6-8(2)3/h8H,5-7H2,1-4H3,(H2,13,14,15). The van der Waals surface area contributed by atoms with E-state index in [4.69, 9.17) is 5.73 Å². The fourth-order valence-electron chi connectivity index (χ4n) is 1.51. The van der Waals surface area contributed by atoms with E-state index in [1.54, 1.807) is 0 Å². The van der Waals surface area contributed by atoms with Crippen LogP contribution in [0.5, 0.6) is 0 Å². The minimum Gasteiger partial charge on any atom is -0.383 e. The van der Waals surface area contributed by atoms with Crippen LogP contribution in [0.1, 0.15) is 44.3 Å². The van der Waals surface area contributed by atoms with Gasteiger partial charge in [0.2, 0.25) is 0 Å². The summed E-state index contributed by atoms with van der Waals surface area (Å²) in [5, 5.41) is 0. The Morgan fingerprint density at radius 2 is 1.93 bits per heavy atom. The summed E-state index contributed by atoms with van der Waals surface area (Å²) in [6.07, 6.45) is 2.97. The van der Waals surface area contributed by atoms with Crippen LogP contribution < -0.4 is 5.73 Å². The van der Waals surface area contributed by atoms with Crippen molar-refractivity contribution < 1.29 is 0 Å². The lowest BCUT2D eigenvalue weighted by Gasteiger charge is -2.09. The molecule has 0 saturated heterocycles. The smallest absolute Gasteiger partial charge is 0.131 e. The molecule has 15 heavy (non-hydrogen) atoms. The van der Waals surface area contributed by atoms with Crippen molar-refractivity contribution in [1.82, 2.24) is 9.97 Å². The Kier molecular flexibility index (Phi) is 4.06. The van der Waals surface area contributed by atoms with Gasteiger partial charge in [0.15, 0.2) is 0 Å². The molecule has 0 radical (unpaired) electrons. The van der Waals surface area contributed by atoms with Crippen molar-refractivity contribution in [3.8, 4) is 0 Å². The number of nitrogens with zero attached hydrogens (tertiary/aromatic N) is 2. The molecule has 0 saturated carbocycles. The number of hydrogen-bond donors (Lipinski definition) is 1. The van der Waals surface area contributed by atoms with Gasteiger partial charge in [0, 0.05) is 17.7 Å². The van der Waals surface area contributed by atoms with E-state index in [0.29, 0.717) is 11.7 Å². The molecule has 3 heteroatoms. The molecule has 2 N–H and O–H groups in total. The summed E-state index contributed by atoms with van der Waals surface area (Å²) in [4.78, 5) is 8.85. The van der Waals surface area contributed by atoms with E-state index in [9.17, 15) is 0 Å². The number of hydrogen-bond acceptors (Lipinski definition) is 3. The molecule has 0 aliphatic heterocycles. The Morgan fingerprint density at radius 3 is 2.47 bits per heavy atom. The maximum atomic E-state index is 5.85. The molecular formula is C12H21N3. The lowest BCUT2D eigenvalue weighted by molar-refractivity contribution is 0.573. The van der Waals surface area contributed by atoms with Gasteiger partial charge in [-0.1, -0.05) is 20.8 Å². The Labute approximate surface area is 92.1 Å². The SMILES string of the molecule is CCc1nc(CCC(C)C)nc(N)c1C. The third kappa shape index (κ3) is 3.18. The number of rotatable bonds is 4. The van der Waals surface area contributed by atoms with Gasteiger partial charge in [0.05, 0.1) is 0 Å². The highest BCUT2D eigenvalue weighted by Gasteiger charge is 2.07. The van der Waals surface area contributed by atoms with Crippen LogP contribution in [-0.4, -0.2) is 9.97 Å². The van der Waals surface area contributed by atoms with E-state index in [1.807, 2.05) is 6.92 Å². The van der Waals surface area contributed by atoms with Gasteiger partial charge in [-0.3, -0.25) is 0 Å². The minimum atomic E-state index is 0.639. The summed E-state index contributed by atoms with van der Waals surface area (Å²) in [5.74, 6) is 2.21. The van der Waals surface area contributed by atoms with Gasteiger partial charge in [-0.2, -0.15) is 0 Å². The molecule has 0 fully saturated rings. The normalized spacial score (nSPS) is 11.0. The molecule has 1 rings (SSSR count). The van der Waals surface area contributed by atoms with Crippen LogP contribution in [0.15, 0.2) is 0 Å². The summed E-state index contributed by atoms with van der Waals surface area (Å²) in [6, 6.07) is 0. The van der Waals surface area contributed by atoms with Crippen molar-refractivity contribution >= 4 is 5.82 Å². The largest absolute Gasteiger partial charge is 0.383 e. The molecule has 0 unspecified atom stereocenters. The summed E-state index contributed by atoms with van der Waals surface area (Å²) in [5.41, 5.74) is 7.97. The van der Waals surface area contributed by atoms with Crippen molar-refractivity contribution in [2.24, 2.45) is 5.92 Å². The zero-order valence-electron chi connectivity index (χ0n) is 10.2. The van der Waals surface area contributed by atoms with E-state index in [1.165, 1.54) is 0 Å². The lowest BCUT2D eigenvalue weighted by Crippen LogP contribution is -2.07. The quantitative estimate of drug-likeness (QED) is 0.825. The van der Waals surface area contributed by atoms with Crippen LogP contribution >= 0.6 is 0 Å². The molecule has 3 nitrogen and oxygen atoms in total. The van der Waals surface area contributed by atoms with Crippen LogP contribution in [0, 0.1) is 12.8 Å². The van der Waals surface area contributed by atoms with E-state index in [-0.39, 0.29) is 0 Å². The second kappa shape index (κ2) is 5.10. The lowest BCUT2D eigenvalue weighted by atomic mass is 10.1. The summed E-state index contributed by atoms with van der Waals surface area (Å²) in [6.45, 7) is 8.50. The topological polar surface area (TPSA) is 51.8 Å². The molecule has 84 valence electrons. The Balaban J connectivity index is 2.86. The maximum absolute atomic E-state index is 5.85. The van der Waals surface area contributed by atoms with Gasteiger partial charge >= 0.3 is 0 Å². The fraction of sp³-hybridized carbons (Fsp3) is 0.667. The highest BCUT2D eigenvalue weighted by Crippen LogP contribution is 2.14. The monoisotopic (exact) mass is 207 g/mol. The van der Waals surface area contributed by atoms with Crippen molar-refractivity contribution in [2.75, 3.05) is 5.73 Å². The maximum Gasteiger partial charge on any atom is 0.131 e. The molecule has 0 spiro atoms. The average molecular weight is 207 g/mol. The molecule has 0 amide bonds. The first-order valence-electron chi connectivity index (χ1n) is 5.66. The first kappa shape index (κ1) is 12.0. The van der Waals surface area contributed by atoms with Gasteiger partial charge in [0.1, 0.15) is 11.6 Å². The van der Waals surface area contributed by atoms with Gasteiger partial charge in [0.25, 0.3) is 0 Å². The minimum absolute atomic E-state index is 0.639. The zero-order chi connectivity index (χ0) is 11.4. The second-order valence-corrected chi connectivity index (χ2v) is 4.38. The van der Waals surface area contributed by atoms with Crippen molar-refractivity contribution in [1.29, 1.82) is 0 Å². The van der Waals surface area contributed by atoms with Crippen LogP contribution in [0.4, 0.5) is 5.82 Å². The Hall–Kier alpha value is -1.12. The number of aryl methyl sites for hydroxylation is 2. The zero-order valence-corrected chi connectivity index (χ0v) is 10.2. The molecule has 0 aliphatic carbocycles. The third-order valence-electron chi connectivity index (χ3n) is 2.61. The highest BCUT2D eigenvalue weighted by atomic mass is 14.9. The van der Waals surface area contributed by atoms with E-state index in [2.05, 4.69) is 30.7 Å². The predicted molar refractivity (Wildman–Crippen MR) is 63.7 cm³/mol. The van der Waals surface area contributed by atoms with E-state index >= 15 is 0 Å². The molecule has 0 bridgehead atoms. The first-order chi connectivity index (χ1) is 7.04. The predicted octanol–water partition coefficient (Wildman–Crippen LogP) is 2.52. The molecule has 0 aliphatic rings. The summed E-state index contributed by atoms with van der Waals surface area (Å²) >= 11 is 0. The van der Waals surface area contributed by atoms with Gasteiger partial charge in [-0.05, 0) is 25.7 Å². The van der Waals surface area contributed by atoms with E-state index in [0.717, 1.165) is 36.3 Å². The second-order valence-electron chi connectivity index (χ2n) is 4.38. The van der Waals surface area contributed by atoms with Crippen molar-refractivity contribution in [3.05, 3.63) is 17.1 Å². The first-order valence-corrected chi connectivity index (χ1v) is 5.66. The third-order valence-corrected chi connectivity index (χ3v) is 2.61. The van der Waals surface area contributed by atoms with Gasteiger partial charge in [-0.25, -0.2) is 9.97 Å². The number of anilines is 1. The van der Waals surface area contributed by atoms with Crippen molar-refractivity contribution in [2.45, 2.75) is 47.0 Å².